The second-order valence-corrected chi connectivity index (χ2v) is 9.70. The van der Waals surface area contributed by atoms with Crippen molar-refractivity contribution < 1.29 is 26.8 Å². The van der Waals surface area contributed by atoms with Crippen LogP contribution in [0.5, 0.6) is 5.75 Å². The highest BCUT2D eigenvalue weighted by Crippen LogP contribution is 2.22. The third-order valence-electron chi connectivity index (χ3n) is 6.65. The van der Waals surface area contributed by atoms with Gasteiger partial charge < -0.3 is 33.0 Å². The Bertz CT molecular complexity index is 892. The number of hydrogen-bond acceptors (Lipinski definition) is 3. The van der Waals surface area contributed by atoms with Gasteiger partial charge in [-0.25, -0.2) is 0 Å². The second kappa shape index (κ2) is 13.7. The van der Waals surface area contributed by atoms with Crippen LogP contribution in [0.3, 0.4) is 0 Å². The molecule has 0 aliphatic carbocycles. The van der Waals surface area contributed by atoms with Gasteiger partial charge in [0.25, 0.3) is 5.91 Å². The van der Waals surface area contributed by atoms with Crippen molar-refractivity contribution in [3.8, 4) is 5.75 Å². The Balaban J connectivity index is 0.00000544. The lowest BCUT2D eigenvalue weighted by Gasteiger charge is -2.41. The van der Waals surface area contributed by atoms with Crippen molar-refractivity contribution in [2.24, 2.45) is 5.92 Å². The number of nitrogens with zero attached hydrogens (tertiary/aromatic N) is 1. The van der Waals surface area contributed by atoms with E-state index < -0.39 is 0 Å². The molecule has 0 saturated carbocycles. The van der Waals surface area contributed by atoms with E-state index in [1.807, 2.05) is 12.1 Å². The number of carbonyl (C=O) groups excluding carboxylic acids is 1. The minimum atomic E-state index is -0.220. The summed E-state index contributed by atoms with van der Waals surface area (Å²) in [4.78, 5) is 12.5. The minimum Gasteiger partial charge on any atom is -1.00 e. The Kier molecular flexibility index (Phi) is 12.1. The number of phenolic OH excluding ortho intramolecular Hbond substituents is 1. The van der Waals surface area contributed by atoms with Gasteiger partial charge in [-0.15, -0.1) is 0 Å². The summed E-state index contributed by atoms with van der Waals surface area (Å²) in [6.45, 7) is 9.41. The quantitative estimate of drug-likeness (QED) is 0.240. The number of amides is 1. The molecule has 2 aromatic carbocycles. The van der Waals surface area contributed by atoms with Crippen molar-refractivity contribution >= 4 is 23.2 Å². The number of aromatic hydroxyl groups is 1. The maximum Gasteiger partial charge on any atom is 0.255 e. The van der Waals surface area contributed by atoms with E-state index in [0.717, 1.165) is 43.3 Å². The molecule has 0 heterocycles. The first-order valence-electron chi connectivity index (χ1n) is 11.6. The van der Waals surface area contributed by atoms with Crippen LogP contribution in [0, 0.1) is 5.92 Å². The summed E-state index contributed by atoms with van der Waals surface area (Å²) in [7, 11) is 2.32. The zero-order valence-electron chi connectivity index (χ0n) is 20.3. The van der Waals surface area contributed by atoms with Crippen molar-refractivity contribution in [2.45, 2.75) is 52.5 Å². The number of anilines is 1. The van der Waals surface area contributed by atoms with Crippen LogP contribution in [-0.4, -0.2) is 48.2 Å². The lowest BCUT2D eigenvalue weighted by atomic mass is 10.0. The molecule has 0 spiro atoms. The van der Waals surface area contributed by atoms with Gasteiger partial charge >= 0.3 is 0 Å². The number of hydrogen-bond donors (Lipinski definition) is 3. The van der Waals surface area contributed by atoms with Crippen LogP contribution >= 0.6 is 11.6 Å². The average molecular weight is 497 g/mol. The molecule has 5 nitrogen and oxygen atoms in total. The van der Waals surface area contributed by atoms with Gasteiger partial charge in [-0.05, 0) is 69.4 Å². The first-order valence-corrected chi connectivity index (χ1v) is 12.0. The molecule has 0 fully saturated rings. The number of nitrogens with two attached hydrogens (primary N) is 1. The first-order chi connectivity index (χ1) is 15.2. The number of halogens is 2. The van der Waals surface area contributed by atoms with E-state index in [0.29, 0.717) is 34.8 Å². The molecule has 0 aliphatic rings. The zero-order valence-corrected chi connectivity index (χ0v) is 21.8. The van der Waals surface area contributed by atoms with E-state index in [1.165, 1.54) is 11.6 Å². The minimum absolute atomic E-state index is 0. The highest BCUT2D eigenvalue weighted by Gasteiger charge is 2.29. The van der Waals surface area contributed by atoms with E-state index in [9.17, 15) is 9.90 Å². The number of rotatable bonds is 12. The molecule has 33 heavy (non-hydrogen) atoms. The van der Waals surface area contributed by atoms with Gasteiger partial charge in [0.15, 0.2) is 0 Å². The molecule has 0 aromatic heterocycles. The van der Waals surface area contributed by atoms with Crippen LogP contribution in [0.2, 0.25) is 5.02 Å². The van der Waals surface area contributed by atoms with Crippen molar-refractivity contribution in [1.29, 1.82) is 0 Å². The maximum absolute atomic E-state index is 12.5. The summed E-state index contributed by atoms with van der Waals surface area (Å²) in [5, 5.41) is 13.6. The lowest BCUT2D eigenvalue weighted by Crippen LogP contribution is -3.00. The van der Waals surface area contributed by atoms with Gasteiger partial charge in [0, 0.05) is 12.5 Å². The smallest absolute Gasteiger partial charge is 0.255 e. The summed E-state index contributed by atoms with van der Waals surface area (Å²) >= 11 is 6.14. The monoisotopic (exact) mass is 495 g/mol. The van der Waals surface area contributed by atoms with Gasteiger partial charge in [0.05, 0.1) is 42.5 Å². The molecule has 184 valence electrons. The molecule has 0 aliphatic heterocycles. The Morgan fingerprint density at radius 1 is 1.18 bits per heavy atom. The number of unbranched alkanes of at least 4 members (excludes halogenated alkanes) is 1. The Hall–Kier alpha value is -1.95. The summed E-state index contributed by atoms with van der Waals surface area (Å²) in [6, 6.07) is 13.0. The molecule has 4 N–H and O–H groups in total. The number of nitrogen functional groups attached to an aromatic ring is 1. The van der Waals surface area contributed by atoms with E-state index >= 15 is 0 Å². The molecule has 0 bridgehead atoms. The number of carbonyl (C=O) groups is 1. The van der Waals surface area contributed by atoms with Crippen LogP contribution in [0.15, 0.2) is 42.5 Å². The zero-order chi connectivity index (χ0) is 23.7. The Morgan fingerprint density at radius 2 is 1.88 bits per heavy atom. The van der Waals surface area contributed by atoms with Crippen LogP contribution < -0.4 is 23.5 Å². The second-order valence-electron chi connectivity index (χ2n) is 9.29. The predicted molar refractivity (Wildman–Crippen MR) is 134 cm³/mol. The van der Waals surface area contributed by atoms with Crippen LogP contribution in [0.4, 0.5) is 5.69 Å². The third kappa shape index (κ3) is 8.73. The van der Waals surface area contributed by atoms with E-state index in [1.54, 1.807) is 18.2 Å². The molecule has 2 unspecified atom stereocenters. The molecule has 2 atom stereocenters. The topological polar surface area (TPSA) is 75.3 Å². The fraction of sp³-hybridized carbons (Fsp3) is 0.500. The lowest BCUT2D eigenvalue weighted by molar-refractivity contribution is -0.932. The fourth-order valence-electron chi connectivity index (χ4n) is 4.01. The normalized spacial score (nSPS) is 13.8. The number of aryl methyl sites for hydroxylation is 1. The van der Waals surface area contributed by atoms with Crippen molar-refractivity contribution in [1.82, 2.24) is 5.32 Å². The molecule has 2 rings (SSSR count). The number of nitrogens with one attached hydrogen (secondary N) is 1. The fourth-order valence-corrected chi connectivity index (χ4v) is 4.22. The van der Waals surface area contributed by atoms with Gasteiger partial charge in [-0.1, -0.05) is 36.7 Å². The predicted octanol–water partition coefficient (Wildman–Crippen LogP) is 2.27. The van der Waals surface area contributed by atoms with Gasteiger partial charge in [0.2, 0.25) is 0 Å². The summed E-state index contributed by atoms with van der Waals surface area (Å²) in [6.07, 6.45) is 4.20. The molecule has 0 saturated heterocycles. The molecular formula is C26H39Cl2N3O2. The molecule has 2 aromatic rings. The summed E-state index contributed by atoms with van der Waals surface area (Å²) in [5.41, 5.74) is 7.98. The van der Waals surface area contributed by atoms with Crippen molar-refractivity contribution in [2.75, 3.05) is 32.4 Å². The van der Waals surface area contributed by atoms with Crippen LogP contribution in [0.25, 0.3) is 0 Å². The SMILES string of the molecule is CCC(CNC(=O)c1ccccc1O)C[N+](C)(CCCCc1ccc(N)c(Cl)c1)C(C)C.[Cl-]. The molecule has 1 amide bonds. The van der Waals surface area contributed by atoms with E-state index in [2.05, 4.69) is 39.2 Å². The number of benzene rings is 2. The largest absolute Gasteiger partial charge is 1.00 e. The van der Waals surface area contributed by atoms with Crippen LogP contribution in [-0.2, 0) is 6.42 Å². The summed E-state index contributed by atoms with van der Waals surface area (Å²) in [5.74, 6) is 0.166. The summed E-state index contributed by atoms with van der Waals surface area (Å²) < 4.78 is 0.966. The van der Waals surface area contributed by atoms with Crippen LogP contribution in [0.1, 0.15) is 56.0 Å². The highest BCUT2D eigenvalue weighted by molar-refractivity contribution is 6.33. The number of phenols is 1. The Labute approximate surface area is 210 Å². The van der Waals surface area contributed by atoms with Gasteiger partial charge in [0.1, 0.15) is 5.75 Å². The molecular weight excluding hydrogens is 457 g/mol. The Morgan fingerprint density at radius 3 is 2.48 bits per heavy atom. The molecule has 0 radical (unpaired) electrons. The molecule has 7 heteroatoms. The first kappa shape index (κ1) is 29.1. The van der Waals surface area contributed by atoms with Crippen molar-refractivity contribution in [3.63, 3.8) is 0 Å². The number of quaternary nitrogens is 1. The average Bonchev–Trinajstić information content (AvgIpc) is 2.76. The highest BCUT2D eigenvalue weighted by atomic mass is 35.5. The van der Waals surface area contributed by atoms with Gasteiger partial charge in [-0.2, -0.15) is 0 Å². The maximum atomic E-state index is 12.5. The standard InChI is InChI=1S/C26H38ClN3O2.ClH/c1-5-20(17-29-26(32)22-11-6-7-12-25(22)31)18-30(4,19(2)3)15-9-8-10-21-13-14-24(28)23(27)16-21;/h6-7,11-14,16,19-20H,5,8-10,15,17-18,28H2,1-4H3,(H-,29,31,32);1H. The van der Waals surface area contributed by atoms with Crippen molar-refractivity contribution in [3.05, 3.63) is 58.6 Å². The number of para-hydroxylation sites is 1. The third-order valence-corrected chi connectivity index (χ3v) is 6.98. The van der Waals surface area contributed by atoms with E-state index in [4.69, 9.17) is 17.3 Å². The van der Waals surface area contributed by atoms with E-state index in [-0.39, 0.29) is 24.1 Å². The van der Waals surface area contributed by atoms with Gasteiger partial charge in [-0.3, -0.25) is 4.79 Å².